The maximum Gasteiger partial charge on any atom is 0.330 e. The molecule has 43 heavy (non-hydrogen) atoms. The third-order valence-corrected chi connectivity index (χ3v) is 8.13. The van der Waals surface area contributed by atoms with Crippen LogP contribution in [0, 0.1) is 0 Å². The fourth-order valence-electron chi connectivity index (χ4n) is 5.84. The summed E-state index contributed by atoms with van der Waals surface area (Å²) >= 11 is 5.51. The number of H-pyrrole nitrogens is 1. The number of esters is 1. The Morgan fingerprint density at radius 1 is 0.907 bits per heavy atom. The number of hydrogen-bond donors (Lipinski definition) is 1. The van der Waals surface area contributed by atoms with Gasteiger partial charge >= 0.3 is 11.7 Å². The number of rotatable bonds is 9. The topological polar surface area (TPSA) is 112 Å². The number of thiocarbonyl (C=S) groups is 1. The zero-order chi connectivity index (χ0) is 30.0. The third-order valence-electron chi connectivity index (χ3n) is 7.80. The van der Waals surface area contributed by atoms with Crippen molar-refractivity contribution in [3.05, 3.63) is 141 Å². The minimum atomic E-state index is -1.03. The van der Waals surface area contributed by atoms with E-state index in [4.69, 9.17) is 31.2 Å². The summed E-state index contributed by atoms with van der Waals surface area (Å²) in [6.07, 6.45) is -1.01. The number of methoxy groups -OCH3 is 1. The van der Waals surface area contributed by atoms with E-state index in [1.54, 1.807) is 4.90 Å². The van der Waals surface area contributed by atoms with Gasteiger partial charge in [-0.2, -0.15) is 0 Å². The zero-order valence-corrected chi connectivity index (χ0v) is 24.0. The van der Waals surface area contributed by atoms with Gasteiger partial charge in [-0.25, -0.2) is 4.79 Å². The zero-order valence-electron chi connectivity index (χ0n) is 23.2. The van der Waals surface area contributed by atoms with E-state index in [1.807, 2.05) is 91.0 Å². The van der Waals surface area contributed by atoms with Crippen LogP contribution in [0.15, 0.2) is 113 Å². The van der Waals surface area contributed by atoms with Crippen molar-refractivity contribution >= 4 is 23.4 Å². The Morgan fingerprint density at radius 2 is 1.47 bits per heavy atom. The number of nitrogens with one attached hydrogen (secondary N) is 1. The van der Waals surface area contributed by atoms with Crippen LogP contribution in [-0.2, 0) is 29.3 Å². The standard InChI is InChI=1S/C32H29N3O7S/c1-39-26(37)19-35-27-28(42-31(35)43)24(41-29(27)34-18-17-25(36)33-30(34)38)20-40-32(21-11-5-2-6-12-21,22-13-7-3-8-14-22)23-15-9-4-10-16-23/h2-18,24,27-29H,19-20H2,1H3,(H,33,36,38)/t24-,27-,28-,29-/m1/s1. The molecule has 3 heterocycles. The van der Waals surface area contributed by atoms with Gasteiger partial charge in [0.2, 0.25) is 0 Å². The Morgan fingerprint density at radius 3 is 1.98 bits per heavy atom. The summed E-state index contributed by atoms with van der Waals surface area (Å²) in [7, 11) is 1.28. The third kappa shape index (κ3) is 5.27. The predicted octanol–water partition coefficient (Wildman–Crippen LogP) is 2.97. The van der Waals surface area contributed by atoms with Crippen LogP contribution in [0.25, 0.3) is 0 Å². The molecule has 2 fully saturated rings. The van der Waals surface area contributed by atoms with Crippen molar-refractivity contribution in [1.29, 1.82) is 0 Å². The monoisotopic (exact) mass is 599 g/mol. The number of ether oxygens (including phenoxy) is 4. The quantitative estimate of drug-likeness (QED) is 0.176. The minimum Gasteiger partial charge on any atom is -0.468 e. The van der Waals surface area contributed by atoms with E-state index >= 15 is 0 Å². The fourth-order valence-corrected chi connectivity index (χ4v) is 6.14. The number of aromatic amines is 1. The van der Waals surface area contributed by atoms with Gasteiger partial charge < -0.3 is 23.8 Å². The molecule has 0 bridgehead atoms. The van der Waals surface area contributed by atoms with Crippen molar-refractivity contribution in [2.24, 2.45) is 0 Å². The summed E-state index contributed by atoms with van der Waals surface area (Å²) in [5.41, 5.74) is 0.487. The van der Waals surface area contributed by atoms with Crippen molar-refractivity contribution in [1.82, 2.24) is 14.5 Å². The molecule has 2 aliphatic heterocycles. The van der Waals surface area contributed by atoms with Crippen molar-refractivity contribution in [2.75, 3.05) is 20.3 Å². The predicted molar refractivity (Wildman–Crippen MR) is 160 cm³/mol. The van der Waals surface area contributed by atoms with Crippen LogP contribution >= 0.6 is 12.2 Å². The van der Waals surface area contributed by atoms with Gasteiger partial charge in [0, 0.05) is 12.3 Å². The summed E-state index contributed by atoms with van der Waals surface area (Å²) in [6.45, 7) is -0.173. The summed E-state index contributed by atoms with van der Waals surface area (Å²) < 4.78 is 25.7. The van der Waals surface area contributed by atoms with E-state index in [2.05, 4.69) is 4.98 Å². The Balaban J connectivity index is 1.41. The number of fused-ring (bicyclic) bond motifs is 1. The first-order valence-electron chi connectivity index (χ1n) is 13.7. The van der Waals surface area contributed by atoms with E-state index in [-0.39, 0.29) is 18.3 Å². The van der Waals surface area contributed by atoms with Gasteiger partial charge in [0.15, 0.2) is 12.3 Å². The highest BCUT2D eigenvalue weighted by Crippen LogP contribution is 2.43. The summed E-state index contributed by atoms with van der Waals surface area (Å²) in [4.78, 5) is 40.8. The molecule has 4 atom stereocenters. The van der Waals surface area contributed by atoms with Gasteiger partial charge in [0.1, 0.15) is 24.3 Å². The van der Waals surface area contributed by atoms with E-state index in [0.29, 0.717) is 0 Å². The smallest absolute Gasteiger partial charge is 0.330 e. The largest absolute Gasteiger partial charge is 0.468 e. The molecule has 1 N–H and O–H groups in total. The molecule has 0 spiro atoms. The molecule has 0 saturated carbocycles. The van der Waals surface area contributed by atoms with E-state index in [1.165, 1.54) is 23.9 Å². The van der Waals surface area contributed by atoms with Crippen molar-refractivity contribution in [3.8, 4) is 0 Å². The molecule has 2 saturated heterocycles. The number of hydrogen-bond acceptors (Lipinski definition) is 8. The first-order chi connectivity index (χ1) is 20.9. The molecular formula is C32H29N3O7S. The molecule has 0 amide bonds. The SMILES string of the molecule is COC(=O)CN1C(=S)O[C@H]2[C@@H]1[C@H](n1ccc(=O)[nH]c1=O)O[C@@H]2COC(c1ccccc1)(c1ccccc1)c1ccccc1. The maximum absolute atomic E-state index is 12.9. The Hall–Kier alpha value is -4.58. The maximum atomic E-state index is 12.9. The van der Waals surface area contributed by atoms with Crippen molar-refractivity contribution in [3.63, 3.8) is 0 Å². The fraction of sp³-hybridized carbons (Fsp3) is 0.250. The molecule has 220 valence electrons. The van der Waals surface area contributed by atoms with Gasteiger partial charge in [0.05, 0.1) is 13.7 Å². The summed E-state index contributed by atoms with van der Waals surface area (Å²) in [5, 5.41) is 0.0802. The summed E-state index contributed by atoms with van der Waals surface area (Å²) in [5.74, 6) is -0.532. The van der Waals surface area contributed by atoms with Crippen LogP contribution in [-0.4, -0.2) is 64.1 Å². The molecule has 4 aromatic rings. The Labute approximate surface area is 252 Å². The van der Waals surface area contributed by atoms with Crippen molar-refractivity contribution in [2.45, 2.75) is 30.1 Å². The molecule has 2 aliphatic rings. The van der Waals surface area contributed by atoms with Crippen LogP contribution in [0.1, 0.15) is 22.9 Å². The van der Waals surface area contributed by atoms with E-state index < -0.39 is 47.3 Å². The number of nitrogens with zero attached hydrogens (tertiary/aromatic N) is 2. The van der Waals surface area contributed by atoms with Crippen LogP contribution in [0.3, 0.4) is 0 Å². The number of benzene rings is 3. The van der Waals surface area contributed by atoms with Gasteiger partial charge in [-0.05, 0) is 28.9 Å². The van der Waals surface area contributed by atoms with E-state index in [9.17, 15) is 14.4 Å². The average molecular weight is 600 g/mol. The molecule has 3 aromatic carbocycles. The van der Waals surface area contributed by atoms with Gasteiger partial charge in [0.25, 0.3) is 10.7 Å². The Bertz CT molecular complexity index is 1620. The molecule has 11 heteroatoms. The van der Waals surface area contributed by atoms with Crippen LogP contribution < -0.4 is 11.2 Å². The van der Waals surface area contributed by atoms with E-state index in [0.717, 1.165) is 16.7 Å². The van der Waals surface area contributed by atoms with Crippen LogP contribution in [0.4, 0.5) is 0 Å². The second-order valence-corrected chi connectivity index (χ2v) is 10.6. The van der Waals surface area contributed by atoms with Crippen molar-refractivity contribution < 1.29 is 23.7 Å². The molecule has 0 aliphatic carbocycles. The number of aromatic nitrogens is 2. The highest BCUT2D eigenvalue weighted by atomic mass is 32.1. The molecule has 1 aromatic heterocycles. The lowest BCUT2D eigenvalue weighted by molar-refractivity contribution is -0.141. The lowest BCUT2D eigenvalue weighted by Gasteiger charge is -2.37. The van der Waals surface area contributed by atoms with Gasteiger partial charge in [-0.3, -0.25) is 19.1 Å². The molecule has 0 unspecified atom stereocenters. The second kappa shape index (κ2) is 12.0. The lowest BCUT2D eigenvalue weighted by atomic mass is 9.80. The van der Waals surface area contributed by atoms with Gasteiger partial charge in [-0.15, -0.1) is 0 Å². The second-order valence-electron chi connectivity index (χ2n) is 10.2. The molecule has 6 rings (SSSR count). The van der Waals surface area contributed by atoms with Crippen LogP contribution in [0.2, 0.25) is 0 Å². The molecular weight excluding hydrogens is 570 g/mol. The molecule has 0 radical (unpaired) electrons. The molecule has 10 nitrogen and oxygen atoms in total. The summed E-state index contributed by atoms with van der Waals surface area (Å²) in [6, 6.07) is 30.3. The normalized spacial score (nSPS) is 21.3. The van der Waals surface area contributed by atoms with Gasteiger partial charge in [-0.1, -0.05) is 91.0 Å². The Kier molecular flexibility index (Phi) is 7.94. The lowest BCUT2D eigenvalue weighted by Crippen LogP contribution is -2.46. The average Bonchev–Trinajstić information content (AvgIpc) is 3.54. The number of carbonyl (C=O) groups is 1. The highest BCUT2D eigenvalue weighted by molar-refractivity contribution is 7.80. The van der Waals surface area contributed by atoms with Crippen LogP contribution in [0.5, 0.6) is 0 Å². The highest BCUT2D eigenvalue weighted by Gasteiger charge is 2.57. The minimum absolute atomic E-state index is 0.0309. The number of carbonyl (C=O) groups excluding carboxylic acids is 1. The first kappa shape index (κ1) is 28.5. The first-order valence-corrected chi connectivity index (χ1v) is 14.1.